The maximum absolute atomic E-state index is 13.0. The SMILES string of the molecule is O=C1NC(=O)N(c2ccc(O)cc2)C(=O)/C1=C/c1ccccc1OCc1ccccc1Br. The fourth-order valence-corrected chi connectivity index (χ4v) is 3.55. The number of barbiturate groups is 1. The maximum Gasteiger partial charge on any atom is 0.335 e. The van der Waals surface area contributed by atoms with E-state index < -0.39 is 17.8 Å². The number of aromatic hydroxyl groups is 1. The van der Waals surface area contributed by atoms with Crippen molar-refractivity contribution in [3.05, 3.63) is 94.0 Å². The van der Waals surface area contributed by atoms with Crippen molar-refractivity contribution in [2.45, 2.75) is 6.61 Å². The lowest BCUT2D eigenvalue weighted by Gasteiger charge is -2.26. The van der Waals surface area contributed by atoms with Crippen molar-refractivity contribution in [1.82, 2.24) is 5.32 Å². The molecule has 0 spiro atoms. The van der Waals surface area contributed by atoms with E-state index in [1.807, 2.05) is 24.3 Å². The molecule has 0 aliphatic carbocycles. The van der Waals surface area contributed by atoms with Gasteiger partial charge in [0.05, 0.1) is 5.69 Å². The number of imide groups is 2. The molecule has 0 unspecified atom stereocenters. The number of para-hydroxylation sites is 1. The highest BCUT2D eigenvalue weighted by Crippen LogP contribution is 2.27. The molecular weight excluding hydrogens is 476 g/mol. The number of nitrogens with zero attached hydrogens (tertiary/aromatic N) is 1. The first-order chi connectivity index (χ1) is 15.4. The lowest BCUT2D eigenvalue weighted by atomic mass is 10.1. The largest absolute Gasteiger partial charge is 0.508 e. The number of hydrogen-bond acceptors (Lipinski definition) is 5. The monoisotopic (exact) mass is 492 g/mol. The smallest absolute Gasteiger partial charge is 0.335 e. The van der Waals surface area contributed by atoms with Crippen LogP contribution < -0.4 is 15.0 Å². The second-order valence-corrected chi connectivity index (χ2v) is 7.75. The van der Waals surface area contributed by atoms with Crippen molar-refractivity contribution in [3.8, 4) is 11.5 Å². The molecule has 0 aromatic heterocycles. The number of rotatable bonds is 5. The molecule has 7 nitrogen and oxygen atoms in total. The van der Waals surface area contributed by atoms with Gasteiger partial charge in [-0.1, -0.05) is 52.3 Å². The lowest BCUT2D eigenvalue weighted by Crippen LogP contribution is -2.54. The van der Waals surface area contributed by atoms with Gasteiger partial charge in [0, 0.05) is 15.6 Å². The summed E-state index contributed by atoms with van der Waals surface area (Å²) >= 11 is 3.48. The van der Waals surface area contributed by atoms with Gasteiger partial charge in [-0.15, -0.1) is 0 Å². The molecule has 0 saturated carbocycles. The number of hydrogen-bond donors (Lipinski definition) is 2. The first kappa shape index (κ1) is 21.3. The summed E-state index contributed by atoms with van der Waals surface area (Å²) in [7, 11) is 0. The zero-order valence-corrected chi connectivity index (χ0v) is 18.2. The molecule has 1 saturated heterocycles. The summed E-state index contributed by atoms with van der Waals surface area (Å²) in [5.41, 5.74) is 1.46. The molecule has 2 N–H and O–H groups in total. The second-order valence-electron chi connectivity index (χ2n) is 6.89. The standard InChI is InChI=1S/C24H17BrN2O5/c25-20-7-3-1-6-16(20)14-32-21-8-4-2-5-15(21)13-19-22(29)26-24(31)27(23(19)30)17-9-11-18(28)12-10-17/h1-13,28H,14H2,(H,26,29,31)/b19-13+. The van der Waals surface area contributed by atoms with Crippen LogP contribution >= 0.6 is 15.9 Å². The van der Waals surface area contributed by atoms with E-state index in [-0.39, 0.29) is 23.6 Å². The molecule has 3 aromatic rings. The molecule has 0 radical (unpaired) electrons. The average Bonchev–Trinajstić information content (AvgIpc) is 2.78. The maximum atomic E-state index is 13.0. The van der Waals surface area contributed by atoms with Gasteiger partial charge in [0.25, 0.3) is 11.8 Å². The van der Waals surface area contributed by atoms with Gasteiger partial charge in [0.2, 0.25) is 0 Å². The average molecular weight is 493 g/mol. The highest BCUT2D eigenvalue weighted by atomic mass is 79.9. The van der Waals surface area contributed by atoms with E-state index in [1.54, 1.807) is 24.3 Å². The van der Waals surface area contributed by atoms with Gasteiger partial charge >= 0.3 is 6.03 Å². The van der Waals surface area contributed by atoms with E-state index in [9.17, 15) is 19.5 Å². The first-order valence-electron chi connectivity index (χ1n) is 9.60. The number of phenols is 1. The predicted molar refractivity (Wildman–Crippen MR) is 122 cm³/mol. The fourth-order valence-electron chi connectivity index (χ4n) is 3.15. The van der Waals surface area contributed by atoms with Gasteiger partial charge in [0.1, 0.15) is 23.7 Å². The summed E-state index contributed by atoms with van der Waals surface area (Å²) in [4.78, 5) is 38.6. The highest BCUT2D eigenvalue weighted by molar-refractivity contribution is 9.10. The van der Waals surface area contributed by atoms with Crippen molar-refractivity contribution in [2.75, 3.05) is 4.90 Å². The molecule has 1 aliphatic rings. The Bertz CT molecular complexity index is 1240. The Labute approximate surface area is 192 Å². The minimum atomic E-state index is -0.860. The minimum absolute atomic E-state index is 0.0124. The summed E-state index contributed by atoms with van der Waals surface area (Å²) in [6.07, 6.45) is 1.40. The Morgan fingerprint density at radius 3 is 2.38 bits per heavy atom. The molecule has 1 aliphatic heterocycles. The Balaban J connectivity index is 1.64. The van der Waals surface area contributed by atoms with Crippen LogP contribution in [0.2, 0.25) is 0 Å². The van der Waals surface area contributed by atoms with Gasteiger partial charge in [0.15, 0.2) is 0 Å². The van der Waals surface area contributed by atoms with Gasteiger partial charge in [-0.2, -0.15) is 0 Å². The van der Waals surface area contributed by atoms with E-state index in [2.05, 4.69) is 21.2 Å². The van der Waals surface area contributed by atoms with Gasteiger partial charge in [-0.3, -0.25) is 14.9 Å². The molecule has 4 amide bonds. The Morgan fingerprint density at radius 1 is 0.938 bits per heavy atom. The number of urea groups is 1. The highest BCUT2D eigenvalue weighted by Gasteiger charge is 2.37. The van der Waals surface area contributed by atoms with Crippen LogP contribution in [0, 0.1) is 0 Å². The van der Waals surface area contributed by atoms with Crippen LogP contribution in [0.5, 0.6) is 11.5 Å². The molecule has 4 rings (SSSR count). The Morgan fingerprint density at radius 2 is 1.62 bits per heavy atom. The number of phenolic OH excluding ortho intramolecular Hbond substituents is 1. The van der Waals surface area contributed by atoms with Gasteiger partial charge in [-0.05, 0) is 42.5 Å². The molecule has 32 heavy (non-hydrogen) atoms. The zero-order valence-electron chi connectivity index (χ0n) is 16.6. The van der Waals surface area contributed by atoms with Crippen LogP contribution in [-0.2, 0) is 16.2 Å². The van der Waals surface area contributed by atoms with Crippen LogP contribution in [-0.4, -0.2) is 23.0 Å². The quantitative estimate of drug-likeness (QED) is 0.406. The fraction of sp³-hybridized carbons (Fsp3) is 0.0417. The van der Waals surface area contributed by atoms with E-state index in [0.29, 0.717) is 11.3 Å². The van der Waals surface area contributed by atoms with E-state index in [4.69, 9.17) is 4.74 Å². The van der Waals surface area contributed by atoms with Gasteiger partial charge in [-0.25, -0.2) is 9.69 Å². The van der Waals surface area contributed by atoms with Crippen LogP contribution in [0.3, 0.4) is 0 Å². The number of carbonyl (C=O) groups excluding carboxylic acids is 3. The summed E-state index contributed by atoms with van der Waals surface area (Å²) in [6.45, 7) is 0.278. The lowest BCUT2D eigenvalue weighted by molar-refractivity contribution is -0.122. The topological polar surface area (TPSA) is 95.9 Å². The van der Waals surface area contributed by atoms with Crippen molar-refractivity contribution in [1.29, 1.82) is 0 Å². The third-order valence-corrected chi connectivity index (χ3v) is 5.54. The van der Waals surface area contributed by atoms with Crippen LogP contribution in [0.25, 0.3) is 6.08 Å². The number of anilines is 1. The number of benzene rings is 3. The van der Waals surface area contributed by atoms with Crippen molar-refractivity contribution >= 4 is 45.5 Å². The predicted octanol–water partition coefficient (Wildman–Crippen LogP) is 4.40. The summed E-state index contributed by atoms with van der Waals surface area (Å²) in [6, 6.07) is 19.3. The summed E-state index contributed by atoms with van der Waals surface area (Å²) in [5, 5.41) is 11.6. The first-order valence-corrected chi connectivity index (χ1v) is 10.4. The molecule has 1 fully saturated rings. The molecule has 0 atom stereocenters. The molecule has 0 bridgehead atoms. The van der Waals surface area contributed by atoms with Crippen molar-refractivity contribution in [2.24, 2.45) is 0 Å². The third-order valence-electron chi connectivity index (χ3n) is 4.77. The third kappa shape index (κ3) is 4.40. The minimum Gasteiger partial charge on any atom is -0.508 e. The molecule has 8 heteroatoms. The van der Waals surface area contributed by atoms with E-state index >= 15 is 0 Å². The number of amides is 4. The number of ether oxygens (including phenoxy) is 1. The Hall–Kier alpha value is -3.91. The number of nitrogens with one attached hydrogen (secondary N) is 1. The van der Waals surface area contributed by atoms with Crippen LogP contribution in [0.4, 0.5) is 10.5 Å². The van der Waals surface area contributed by atoms with Crippen LogP contribution in [0.15, 0.2) is 82.8 Å². The molecule has 160 valence electrons. The Kier molecular flexibility index (Phi) is 6.04. The number of carbonyl (C=O) groups is 3. The van der Waals surface area contributed by atoms with Crippen molar-refractivity contribution < 1.29 is 24.2 Å². The van der Waals surface area contributed by atoms with E-state index in [0.717, 1.165) is 14.9 Å². The summed E-state index contributed by atoms with van der Waals surface area (Å²) in [5.74, 6) is -1.10. The molecular formula is C24H17BrN2O5. The van der Waals surface area contributed by atoms with Gasteiger partial charge < -0.3 is 9.84 Å². The number of halogens is 1. The summed E-state index contributed by atoms with van der Waals surface area (Å²) < 4.78 is 6.84. The molecule has 3 aromatic carbocycles. The zero-order chi connectivity index (χ0) is 22.7. The van der Waals surface area contributed by atoms with Crippen molar-refractivity contribution in [3.63, 3.8) is 0 Å². The normalized spacial score (nSPS) is 15.1. The van der Waals surface area contributed by atoms with E-state index in [1.165, 1.54) is 30.3 Å². The second kappa shape index (κ2) is 9.07. The molecule has 1 heterocycles. The van der Waals surface area contributed by atoms with Crippen LogP contribution in [0.1, 0.15) is 11.1 Å².